The summed E-state index contributed by atoms with van der Waals surface area (Å²) in [6.45, 7) is 0. The number of aromatic nitrogens is 4. The van der Waals surface area contributed by atoms with Gasteiger partial charge in [0.15, 0.2) is 17.5 Å². The normalized spacial score (nSPS) is 12.5. The van der Waals surface area contributed by atoms with E-state index in [1.165, 1.54) is 44.2 Å². The standard InChI is InChI=1S/C55H36N4/c1-3-17-37(18-4-1)52-57-53(38-19-5-2-6-20-38)59-54(58-52)40-22-16-24-42(36-40)55(49-29-11-9-27-46(49)47-28-10-12-30-50(47)55)41-23-15-21-39(35-41)43-32-33-48(51-31-13-14-34-56-51)45-26-8-7-25-44(43)45/h1-36H. The van der Waals surface area contributed by atoms with Gasteiger partial charge in [-0.15, -0.1) is 0 Å². The quantitative estimate of drug-likeness (QED) is 0.163. The van der Waals surface area contributed by atoms with Crippen molar-refractivity contribution in [1.29, 1.82) is 0 Å². The smallest absolute Gasteiger partial charge is 0.164 e. The first-order valence-electron chi connectivity index (χ1n) is 20.0. The van der Waals surface area contributed by atoms with E-state index in [-0.39, 0.29) is 0 Å². The highest BCUT2D eigenvalue weighted by Gasteiger charge is 2.46. The van der Waals surface area contributed by atoms with Crippen LogP contribution in [0.15, 0.2) is 219 Å². The van der Waals surface area contributed by atoms with E-state index in [1.807, 2.05) is 79.0 Å². The third kappa shape index (κ3) is 5.76. The van der Waals surface area contributed by atoms with E-state index in [1.54, 1.807) is 0 Å². The number of rotatable bonds is 7. The molecule has 0 amide bonds. The van der Waals surface area contributed by atoms with E-state index in [0.717, 1.165) is 39.1 Å². The largest absolute Gasteiger partial charge is 0.256 e. The summed E-state index contributed by atoms with van der Waals surface area (Å²) >= 11 is 0. The van der Waals surface area contributed by atoms with Crippen molar-refractivity contribution in [3.63, 3.8) is 0 Å². The van der Waals surface area contributed by atoms with Crippen molar-refractivity contribution in [2.24, 2.45) is 0 Å². The van der Waals surface area contributed by atoms with Gasteiger partial charge in [0.05, 0.1) is 11.1 Å². The average molecular weight is 753 g/mol. The summed E-state index contributed by atoms with van der Waals surface area (Å²) < 4.78 is 0. The molecule has 8 aromatic carbocycles. The number of benzene rings is 8. The molecular formula is C55H36N4. The molecule has 0 bridgehead atoms. The first-order chi connectivity index (χ1) is 29.3. The Morgan fingerprint density at radius 1 is 0.305 bits per heavy atom. The summed E-state index contributed by atoms with van der Waals surface area (Å²) in [6, 6.07) is 75.3. The van der Waals surface area contributed by atoms with Gasteiger partial charge < -0.3 is 0 Å². The molecule has 0 saturated heterocycles. The molecule has 0 radical (unpaired) electrons. The van der Waals surface area contributed by atoms with Crippen LogP contribution in [0.4, 0.5) is 0 Å². The van der Waals surface area contributed by atoms with E-state index in [0.29, 0.717) is 17.5 Å². The highest BCUT2D eigenvalue weighted by molar-refractivity contribution is 6.04. The van der Waals surface area contributed by atoms with Crippen LogP contribution in [0.3, 0.4) is 0 Å². The van der Waals surface area contributed by atoms with Crippen molar-refractivity contribution >= 4 is 10.8 Å². The van der Waals surface area contributed by atoms with Crippen molar-refractivity contribution in [3.05, 3.63) is 241 Å². The topological polar surface area (TPSA) is 51.6 Å². The molecule has 59 heavy (non-hydrogen) atoms. The molecule has 0 N–H and O–H groups in total. The Kier molecular flexibility index (Phi) is 8.34. The van der Waals surface area contributed by atoms with Crippen LogP contribution >= 0.6 is 0 Å². The first kappa shape index (κ1) is 34.4. The van der Waals surface area contributed by atoms with Gasteiger partial charge in [0, 0.05) is 28.5 Å². The van der Waals surface area contributed by atoms with Gasteiger partial charge in [0.1, 0.15) is 0 Å². The summed E-state index contributed by atoms with van der Waals surface area (Å²) in [4.78, 5) is 20.0. The van der Waals surface area contributed by atoms with Crippen LogP contribution in [0.25, 0.3) is 78.4 Å². The summed E-state index contributed by atoms with van der Waals surface area (Å²) in [5.74, 6) is 1.91. The minimum absolute atomic E-state index is 0.627. The molecule has 0 fully saturated rings. The lowest BCUT2D eigenvalue weighted by Gasteiger charge is -2.34. The van der Waals surface area contributed by atoms with Gasteiger partial charge in [-0.25, -0.2) is 15.0 Å². The minimum Gasteiger partial charge on any atom is -0.256 e. The van der Waals surface area contributed by atoms with E-state index >= 15 is 0 Å². The lowest BCUT2D eigenvalue weighted by molar-refractivity contribution is 0.769. The number of nitrogens with zero attached hydrogens (tertiary/aromatic N) is 4. The number of pyridine rings is 1. The third-order valence-electron chi connectivity index (χ3n) is 11.7. The van der Waals surface area contributed by atoms with E-state index in [4.69, 9.17) is 19.9 Å². The maximum Gasteiger partial charge on any atom is 0.164 e. The zero-order chi connectivity index (χ0) is 39.2. The molecule has 276 valence electrons. The SMILES string of the molecule is c1ccc(-c2nc(-c3ccccc3)nc(-c3cccc(C4(c5cccc(-c6ccc(-c7ccccn7)c7ccccc67)c5)c5ccccc5-c5ccccc54)c3)n2)cc1. The highest BCUT2D eigenvalue weighted by atomic mass is 15.0. The Hall–Kier alpha value is -7.82. The van der Waals surface area contributed by atoms with Crippen molar-refractivity contribution in [1.82, 2.24) is 19.9 Å². The molecule has 2 heterocycles. The molecule has 4 heteroatoms. The summed E-state index contributed by atoms with van der Waals surface area (Å²) in [7, 11) is 0. The van der Waals surface area contributed by atoms with Crippen LogP contribution in [0.5, 0.6) is 0 Å². The van der Waals surface area contributed by atoms with Gasteiger partial charge in [-0.3, -0.25) is 4.98 Å². The van der Waals surface area contributed by atoms with Crippen molar-refractivity contribution in [2.45, 2.75) is 5.41 Å². The fourth-order valence-electron chi connectivity index (χ4n) is 9.07. The monoisotopic (exact) mass is 752 g/mol. The Labute approximate surface area is 343 Å². The summed E-state index contributed by atoms with van der Waals surface area (Å²) in [5.41, 5.74) is 13.9. The van der Waals surface area contributed by atoms with E-state index in [9.17, 15) is 0 Å². The van der Waals surface area contributed by atoms with Crippen LogP contribution in [0, 0.1) is 0 Å². The van der Waals surface area contributed by atoms with E-state index in [2.05, 4.69) is 140 Å². The molecule has 0 aliphatic heterocycles. The molecular weight excluding hydrogens is 717 g/mol. The second-order valence-corrected chi connectivity index (χ2v) is 15.0. The van der Waals surface area contributed by atoms with Crippen molar-refractivity contribution in [2.75, 3.05) is 0 Å². The molecule has 11 rings (SSSR count). The first-order valence-corrected chi connectivity index (χ1v) is 20.0. The zero-order valence-corrected chi connectivity index (χ0v) is 32.1. The lowest BCUT2D eigenvalue weighted by Crippen LogP contribution is -2.28. The Bertz CT molecular complexity index is 3060. The number of hydrogen-bond donors (Lipinski definition) is 0. The fourth-order valence-corrected chi connectivity index (χ4v) is 9.07. The Morgan fingerprint density at radius 3 is 1.36 bits per heavy atom. The second kappa shape index (κ2) is 14.3. The van der Waals surface area contributed by atoms with Crippen LogP contribution in [0.2, 0.25) is 0 Å². The average Bonchev–Trinajstić information content (AvgIpc) is 3.63. The Morgan fingerprint density at radius 2 is 0.763 bits per heavy atom. The van der Waals surface area contributed by atoms with Crippen LogP contribution in [-0.4, -0.2) is 19.9 Å². The van der Waals surface area contributed by atoms with Crippen LogP contribution in [-0.2, 0) is 5.41 Å². The number of hydrogen-bond acceptors (Lipinski definition) is 4. The molecule has 1 aliphatic carbocycles. The fraction of sp³-hybridized carbons (Fsp3) is 0.0182. The molecule has 0 saturated carbocycles. The predicted molar refractivity (Wildman–Crippen MR) is 240 cm³/mol. The minimum atomic E-state index is -0.638. The van der Waals surface area contributed by atoms with Gasteiger partial charge in [-0.2, -0.15) is 0 Å². The van der Waals surface area contributed by atoms with Gasteiger partial charge >= 0.3 is 0 Å². The summed E-state index contributed by atoms with van der Waals surface area (Å²) in [6.07, 6.45) is 1.86. The second-order valence-electron chi connectivity index (χ2n) is 15.0. The predicted octanol–water partition coefficient (Wildman–Crippen LogP) is 13.1. The molecule has 10 aromatic rings. The molecule has 1 aliphatic rings. The van der Waals surface area contributed by atoms with Crippen molar-refractivity contribution < 1.29 is 0 Å². The maximum atomic E-state index is 5.14. The maximum absolute atomic E-state index is 5.14. The zero-order valence-electron chi connectivity index (χ0n) is 32.1. The van der Waals surface area contributed by atoms with Gasteiger partial charge in [0.2, 0.25) is 0 Å². The third-order valence-corrected chi connectivity index (χ3v) is 11.7. The van der Waals surface area contributed by atoms with Gasteiger partial charge in [-0.1, -0.05) is 188 Å². The molecule has 0 spiro atoms. The summed E-state index contributed by atoms with van der Waals surface area (Å²) in [5, 5.41) is 2.37. The van der Waals surface area contributed by atoms with Gasteiger partial charge in [-0.05, 0) is 79.5 Å². The van der Waals surface area contributed by atoms with Gasteiger partial charge in [0.25, 0.3) is 0 Å². The van der Waals surface area contributed by atoms with Crippen LogP contribution in [0.1, 0.15) is 22.3 Å². The molecule has 2 aromatic heterocycles. The van der Waals surface area contributed by atoms with Crippen LogP contribution < -0.4 is 0 Å². The van der Waals surface area contributed by atoms with E-state index < -0.39 is 5.41 Å². The molecule has 4 nitrogen and oxygen atoms in total. The molecule has 0 unspecified atom stereocenters. The van der Waals surface area contributed by atoms with Crippen molar-refractivity contribution in [3.8, 4) is 67.7 Å². The number of fused-ring (bicyclic) bond motifs is 4. The Balaban J connectivity index is 1.14. The lowest BCUT2D eigenvalue weighted by atomic mass is 9.67. The highest BCUT2D eigenvalue weighted by Crippen LogP contribution is 2.56. The molecule has 0 atom stereocenters.